The summed E-state index contributed by atoms with van der Waals surface area (Å²) in [5, 5.41) is 26.9. The highest BCUT2D eigenvalue weighted by Gasteiger charge is 2.35. The lowest BCUT2D eigenvalue weighted by Gasteiger charge is -2.37. The predicted molar refractivity (Wildman–Crippen MR) is 257 cm³/mol. The fourth-order valence-electron chi connectivity index (χ4n) is 8.58. The maximum Gasteiger partial charge on any atom is 0.324 e. The molecule has 2 unspecified atom stereocenters. The van der Waals surface area contributed by atoms with Gasteiger partial charge in [-0.2, -0.15) is 0 Å². The molecule has 0 spiro atoms. The molecule has 2 heterocycles. The molecule has 6 rings (SSSR count). The van der Waals surface area contributed by atoms with Crippen molar-refractivity contribution in [2.75, 3.05) is 67.6 Å². The molecule has 2 aliphatic heterocycles. The van der Waals surface area contributed by atoms with Crippen LogP contribution in [0.2, 0.25) is 0 Å². The molecule has 4 aromatic carbocycles. The van der Waals surface area contributed by atoms with Gasteiger partial charge in [-0.25, -0.2) is 0 Å². The summed E-state index contributed by atoms with van der Waals surface area (Å²) in [7, 11) is 6.15. The number of likely N-dealkylation sites (N-methyl/N-ethyl adjacent to an activating group) is 2. The van der Waals surface area contributed by atoms with E-state index in [0.29, 0.717) is 48.4 Å². The Kier molecular flexibility index (Phi) is 16.1. The number of nitrogens with zero attached hydrogens (tertiary/aromatic N) is 6. The van der Waals surface area contributed by atoms with Gasteiger partial charge in [0, 0.05) is 51.4 Å². The second kappa shape index (κ2) is 21.7. The van der Waals surface area contributed by atoms with E-state index < -0.39 is 33.9 Å². The third-order valence-electron chi connectivity index (χ3n) is 12.3. The van der Waals surface area contributed by atoms with Gasteiger partial charge in [0.05, 0.1) is 45.0 Å². The first-order valence-electron chi connectivity index (χ1n) is 22.0. The zero-order chi connectivity index (χ0) is 48.7. The summed E-state index contributed by atoms with van der Waals surface area (Å²) in [6.07, 6.45) is 5.75. The van der Waals surface area contributed by atoms with Crippen LogP contribution in [-0.4, -0.2) is 133 Å². The molecule has 2 fully saturated rings. The summed E-state index contributed by atoms with van der Waals surface area (Å²) in [6.45, 7) is 9.68. The Morgan fingerprint density at radius 1 is 0.612 bits per heavy atom. The van der Waals surface area contributed by atoms with Crippen LogP contribution in [0.25, 0.3) is 34.4 Å². The summed E-state index contributed by atoms with van der Waals surface area (Å²) in [5.74, 6) is -1.82. The van der Waals surface area contributed by atoms with Gasteiger partial charge in [0.25, 0.3) is 11.4 Å². The number of rotatable bonds is 14. The molecule has 0 radical (unpaired) electrons. The number of esters is 2. The van der Waals surface area contributed by atoms with Crippen molar-refractivity contribution in [3.05, 3.63) is 127 Å². The Balaban J connectivity index is 1.49. The molecular formula is C50H56N6O10S. The maximum absolute atomic E-state index is 13.7. The van der Waals surface area contributed by atoms with Crippen molar-refractivity contribution in [3.8, 4) is 22.3 Å². The fourth-order valence-corrected chi connectivity index (χ4v) is 9.64. The van der Waals surface area contributed by atoms with Gasteiger partial charge in [-0.15, -0.1) is 0 Å². The Labute approximate surface area is 394 Å². The van der Waals surface area contributed by atoms with Gasteiger partial charge < -0.3 is 19.3 Å². The molecule has 0 N–H and O–H groups in total. The van der Waals surface area contributed by atoms with E-state index in [4.69, 9.17) is 9.47 Å². The normalized spacial score (nSPS) is 17.1. The van der Waals surface area contributed by atoms with Crippen molar-refractivity contribution in [1.82, 2.24) is 19.6 Å². The smallest absolute Gasteiger partial charge is 0.324 e. The zero-order valence-corrected chi connectivity index (χ0v) is 39.8. The van der Waals surface area contributed by atoms with Crippen molar-refractivity contribution < 1.29 is 38.5 Å². The van der Waals surface area contributed by atoms with Crippen LogP contribution in [-0.2, 0) is 28.7 Å². The van der Waals surface area contributed by atoms with Gasteiger partial charge in [0.15, 0.2) is 0 Å². The van der Waals surface area contributed by atoms with Crippen LogP contribution < -0.4 is 0 Å². The quantitative estimate of drug-likeness (QED) is 0.0515. The van der Waals surface area contributed by atoms with E-state index in [2.05, 4.69) is 0 Å². The van der Waals surface area contributed by atoms with Crippen LogP contribution in [0.5, 0.6) is 0 Å². The first kappa shape index (κ1) is 49.7. The van der Waals surface area contributed by atoms with Crippen LogP contribution in [0, 0.1) is 20.2 Å². The average Bonchev–Trinajstić information content (AvgIpc) is 3.32. The highest BCUT2D eigenvalue weighted by Crippen LogP contribution is 2.50. The van der Waals surface area contributed by atoms with Gasteiger partial charge in [0.1, 0.15) is 12.1 Å². The number of nitro benzene ring substituents is 2. The van der Waals surface area contributed by atoms with E-state index in [9.17, 15) is 39.4 Å². The Morgan fingerprint density at radius 3 is 1.33 bits per heavy atom. The molecule has 4 aromatic rings. The Bertz CT molecular complexity index is 2450. The van der Waals surface area contributed by atoms with Crippen molar-refractivity contribution in [2.24, 2.45) is 0 Å². The number of hydrogen-bond donors (Lipinski definition) is 0. The molecule has 2 aliphatic rings. The molecule has 17 heteroatoms. The number of methoxy groups -OCH3 is 2. The van der Waals surface area contributed by atoms with E-state index in [-0.39, 0.29) is 69.0 Å². The van der Waals surface area contributed by atoms with Crippen LogP contribution in [0.3, 0.4) is 0 Å². The lowest BCUT2D eigenvalue weighted by atomic mass is 9.89. The van der Waals surface area contributed by atoms with Gasteiger partial charge in [-0.05, 0) is 83.6 Å². The molecule has 0 saturated carbocycles. The van der Waals surface area contributed by atoms with Crippen molar-refractivity contribution >= 4 is 59.0 Å². The molecular weight excluding hydrogens is 877 g/mol. The first-order valence-corrected chi connectivity index (χ1v) is 22.8. The number of carbonyl (C=O) groups is 4. The third kappa shape index (κ3) is 11.0. The average molecular weight is 933 g/mol. The SMILES string of the molecule is COC(=O)C1CN(C(=O)C=Cc2ccc(Sc3ccc(C=CC(=O)N4CCN(C)C(C(=O)OC)C4)c(-c4ccccc4C(C)C)c3[N+](=O)[O-])c([N+](=O)[O-])c2-c2ccccc2C(C)C)CCN1C. The number of hydrogen-bond acceptors (Lipinski definition) is 13. The molecule has 2 amide bonds. The summed E-state index contributed by atoms with van der Waals surface area (Å²) >= 11 is 0.887. The number of nitro groups is 2. The van der Waals surface area contributed by atoms with Gasteiger partial charge in [-0.3, -0.25) is 49.2 Å². The van der Waals surface area contributed by atoms with E-state index in [1.165, 1.54) is 60.5 Å². The summed E-state index contributed by atoms with van der Waals surface area (Å²) in [5.41, 5.74) is 3.37. The molecule has 2 atom stereocenters. The van der Waals surface area contributed by atoms with E-state index in [1.54, 1.807) is 50.5 Å². The standard InChI is InChI=1S/C50H56N6O10S/c1-31(2)35-13-9-11-15-37(35)45-33(19-23-43(57)53-27-25-51(5)39(29-53)49(59)65-7)17-21-41(47(45)55(61)62)67-42-22-18-34(20-24-44(58)54-28-26-52(6)40(30-54)50(60)66-8)46(48(42)56(63)64)38-16-12-10-14-36(38)32(3)4/h9-24,31-32,39-40H,25-30H2,1-8H3. The van der Waals surface area contributed by atoms with Gasteiger partial charge in [0.2, 0.25) is 11.8 Å². The second-order valence-corrected chi connectivity index (χ2v) is 18.2. The first-order chi connectivity index (χ1) is 32.0. The monoisotopic (exact) mass is 932 g/mol. The molecule has 352 valence electrons. The van der Waals surface area contributed by atoms with E-state index in [0.717, 1.165) is 22.9 Å². The zero-order valence-electron chi connectivity index (χ0n) is 39.0. The second-order valence-electron chi connectivity index (χ2n) is 17.1. The molecule has 0 aromatic heterocycles. The van der Waals surface area contributed by atoms with Crippen molar-refractivity contribution in [1.29, 1.82) is 0 Å². The third-order valence-corrected chi connectivity index (χ3v) is 13.4. The van der Waals surface area contributed by atoms with Crippen molar-refractivity contribution in [3.63, 3.8) is 0 Å². The van der Waals surface area contributed by atoms with Crippen molar-refractivity contribution in [2.45, 2.75) is 61.4 Å². The molecule has 67 heavy (non-hydrogen) atoms. The fraction of sp³-hybridized carbons (Fsp3) is 0.360. The maximum atomic E-state index is 13.7. The highest BCUT2D eigenvalue weighted by atomic mass is 32.2. The van der Waals surface area contributed by atoms with Crippen LogP contribution in [0.4, 0.5) is 11.4 Å². The molecule has 0 aliphatic carbocycles. The molecule has 0 bridgehead atoms. The Hall–Kier alpha value is -6.69. The minimum atomic E-state index is -0.650. The summed E-state index contributed by atoms with van der Waals surface area (Å²) in [6, 6.07) is 19.7. The van der Waals surface area contributed by atoms with Crippen LogP contribution in [0.15, 0.2) is 94.7 Å². The predicted octanol–water partition coefficient (Wildman–Crippen LogP) is 7.89. The summed E-state index contributed by atoms with van der Waals surface area (Å²) < 4.78 is 9.91. The molecule has 2 saturated heterocycles. The van der Waals surface area contributed by atoms with E-state index in [1.807, 2.05) is 61.8 Å². The molecule has 16 nitrogen and oxygen atoms in total. The largest absolute Gasteiger partial charge is 0.468 e. The summed E-state index contributed by atoms with van der Waals surface area (Å²) in [4.78, 5) is 85.2. The number of carbonyl (C=O) groups excluding carboxylic acids is 4. The van der Waals surface area contributed by atoms with Gasteiger partial charge in [-0.1, -0.05) is 100 Å². The number of piperazine rings is 2. The number of ether oxygens (including phenoxy) is 2. The van der Waals surface area contributed by atoms with Crippen LogP contribution >= 0.6 is 11.8 Å². The highest BCUT2D eigenvalue weighted by molar-refractivity contribution is 7.99. The number of amides is 2. The minimum Gasteiger partial charge on any atom is -0.468 e. The van der Waals surface area contributed by atoms with Gasteiger partial charge >= 0.3 is 11.9 Å². The lowest BCUT2D eigenvalue weighted by Crippen LogP contribution is -2.56. The minimum absolute atomic E-state index is 0.0612. The van der Waals surface area contributed by atoms with E-state index >= 15 is 0 Å². The Morgan fingerprint density at radius 2 is 0.985 bits per heavy atom. The topological polar surface area (TPSA) is 186 Å². The number of benzene rings is 4. The van der Waals surface area contributed by atoms with Crippen LogP contribution in [0.1, 0.15) is 61.8 Å². The lowest BCUT2D eigenvalue weighted by molar-refractivity contribution is -0.387.